The fourth-order valence-corrected chi connectivity index (χ4v) is 4.08. The zero-order valence-corrected chi connectivity index (χ0v) is 18.4. The Morgan fingerprint density at radius 3 is 2.57 bits per heavy atom. The van der Waals surface area contributed by atoms with E-state index in [4.69, 9.17) is 32.4 Å². The average Bonchev–Trinajstić information content (AvgIpc) is 2.73. The van der Waals surface area contributed by atoms with Gasteiger partial charge in [0.05, 0.1) is 16.7 Å². The van der Waals surface area contributed by atoms with Crippen LogP contribution in [0.2, 0.25) is 10.0 Å². The average molecular weight is 447 g/mol. The number of benzene rings is 2. The smallest absolute Gasteiger partial charge is 0.336 e. The van der Waals surface area contributed by atoms with Crippen LogP contribution in [-0.2, 0) is 0 Å². The minimum atomic E-state index is -0.336. The number of fused-ring (bicyclic) bond motifs is 1. The van der Waals surface area contributed by atoms with Gasteiger partial charge in [0.1, 0.15) is 11.3 Å². The predicted octanol–water partition coefficient (Wildman–Crippen LogP) is 5.00. The largest absolute Gasteiger partial charge is 0.493 e. The molecule has 1 aliphatic heterocycles. The van der Waals surface area contributed by atoms with Gasteiger partial charge in [0.15, 0.2) is 0 Å². The molecule has 5 nitrogen and oxygen atoms in total. The monoisotopic (exact) mass is 446 g/mol. The van der Waals surface area contributed by atoms with Gasteiger partial charge >= 0.3 is 5.63 Å². The van der Waals surface area contributed by atoms with Gasteiger partial charge in [-0.1, -0.05) is 23.2 Å². The van der Waals surface area contributed by atoms with E-state index in [0.717, 1.165) is 61.5 Å². The molecule has 0 atom stereocenters. The van der Waals surface area contributed by atoms with E-state index in [0.29, 0.717) is 22.2 Å². The number of hydrogen-bond acceptors (Lipinski definition) is 5. The first kappa shape index (κ1) is 21.0. The molecule has 4 rings (SSSR count). The zero-order valence-electron chi connectivity index (χ0n) is 16.9. The summed E-state index contributed by atoms with van der Waals surface area (Å²) in [6.07, 6.45) is 0.933. The summed E-state index contributed by atoms with van der Waals surface area (Å²) >= 11 is 12.2. The highest BCUT2D eigenvalue weighted by Crippen LogP contribution is 2.28. The first-order chi connectivity index (χ1) is 14.5. The summed E-state index contributed by atoms with van der Waals surface area (Å²) < 4.78 is 11.2. The van der Waals surface area contributed by atoms with Crippen molar-refractivity contribution < 1.29 is 9.15 Å². The Morgan fingerprint density at radius 1 is 1.00 bits per heavy atom. The number of rotatable bonds is 6. The third kappa shape index (κ3) is 4.91. The number of piperazine rings is 1. The van der Waals surface area contributed by atoms with E-state index in [1.807, 2.05) is 37.3 Å². The van der Waals surface area contributed by atoms with Crippen molar-refractivity contribution in [1.29, 1.82) is 0 Å². The molecular weight excluding hydrogens is 423 g/mol. The molecule has 1 aliphatic rings. The number of hydrogen-bond donors (Lipinski definition) is 0. The third-order valence-corrected chi connectivity index (χ3v) is 6.19. The maximum atomic E-state index is 11.6. The molecule has 0 saturated carbocycles. The van der Waals surface area contributed by atoms with Gasteiger partial charge in [-0.3, -0.25) is 4.90 Å². The summed E-state index contributed by atoms with van der Waals surface area (Å²) in [5.41, 5.74) is 2.26. The van der Waals surface area contributed by atoms with E-state index in [-0.39, 0.29) is 5.63 Å². The van der Waals surface area contributed by atoms with Crippen LogP contribution in [0.1, 0.15) is 12.0 Å². The van der Waals surface area contributed by atoms with Crippen molar-refractivity contribution in [1.82, 2.24) is 4.90 Å². The molecule has 0 spiro atoms. The molecule has 0 N–H and O–H groups in total. The Hall–Kier alpha value is -2.21. The van der Waals surface area contributed by atoms with Crippen LogP contribution in [0.5, 0.6) is 5.75 Å². The van der Waals surface area contributed by atoms with Crippen molar-refractivity contribution in [3.05, 3.63) is 68.5 Å². The minimum absolute atomic E-state index is 0.336. The van der Waals surface area contributed by atoms with Crippen LogP contribution < -0.4 is 15.3 Å². The van der Waals surface area contributed by atoms with Crippen molar-refractivity contribution >= 4 is 39.9 Å². The molecule has 1 aromatic heterocycles. The first-order valence-electron chi connectivity index (χ1n) is 10.1. The molecule has 3 aromatic rings. The van der Waals surface area contributed by atoms with E-state index in [1.165, 1.54) is 6.07 Å². The molecule has 1 saturated heterocycles. The van der Waals surface area contributed by atoms with Gasteiger partial charge in [-0.05, 0) is 49.2 Å². The molecule has 0 aliphatic carbocycles. The molecule has 7 heteroatoms. The lowest BCUT2D eigenvalue weighted by molar-refractivity contribution is 0.225. The molecule has 0 unspecified atom stereocenters. The number of anilines is 1. The second kappa shape index (κ2) is 9.29. The van der Waals surface area contributed by atoms with Crippen molar-refractivity contribution in [2.75, 3.05) is 44.2 Å². The Morgan fingerprint density at radius 2 is 1.80 bits per heavy atom. The summed E-state index contributed by atoms with van der Waals surface area (Å²) in [6.45, 7) is 7.43. The summed E-state index contributed by atoms with van der Waals surface area (Å²) in [5.74, 6) is 0.723. The second-order valence-electron chi connectivity index (χ2n) is 7.54. The quantitative estimate of drug-likeness (QED) is 0.393. The number of halogens is 2. The standard InChI is InChI=1S/C23H24Cl2N2O3/c1-16-13-23(28)30-22-15-18(4-5-19(16)22)29-12-2-7-26-8-10-27(11-9-26)17-3-6-20(24)21(25)14-17/h3-6,13-15H,2,7-12H2,1H3. The summed E-state index contributed by atoms with van der Waals surface area (Å²) in [5, 5.41) is 2.11. The van der Waals surface area contributed by atoms with E-state index in [2.05, 4.69) is 9.80 Å². The number of aryl methyl sites for hydroxylation is 1. The fraction of sp³-hybridized carbons (Fsp3) is 0.348. The number of ether oxygens (including phenoxy) is 1. The normalized spacial score (nSPS) is 15.0. The highest BCUT2D eigenvalue weighted by Gasteiger charge is 2.17. The van der Waals surface area contributed by atoms with Gasteiger partial charge in [-0.25, -0.2) is 4.79 Å². The van der Waals surface area contributed by atoms with Crippen molar-refractivity contribution in [2.45, 2.75) is 13.3 Å². The summed E-state index contributed by atoms with van der Waals surface area (Å²) in [7, 11) is 0. The maximum Gasteiger partial charge on any atom is 0.336 e. The predicted molar refractivity (Wildman–Crippen MR) is 122 cm³/mol. The van der Waals surface area contributed by atoms with Gasteiger partial charge < -0.3 is 14.1 Å². The SMILES string of the molecule is Cc1cc(=O)oc2cc(OCCCN3CCN(c4ccc(Cl)c(Cl)c4)CC3)ccc12. The highest BCUT2D eigenvalue weighted by molar-refractivity contribution is 6.42. The van der Waals surface area contributed by atoms with Crippen LogP contribution in [0, 0.1) is 6.92 Å². The molecule has 2 aromatic carbocycles. The van der Waals surface area contributed by atoms with Gasteiger partial charge in [-0.15, -0.1) is 0 Å². The molecule has 0 radical (unpaired) electrons. The fourth-order valence-electron chi connectivity index (χ4n) is 3.78. The molecule has 2 heterocycles. The van der Waals surface area contributed by atoms with E-state index < -0.39 is 0 Å². The van der Waals surface area contributed by atoms with Crippen molar-refractivity contribution in [3.63, 3.8) is 0 Å². The first-order valence-corrected chi connectivity index (χ1v) is 10.8. The Labute approximate surface area is 185 Å². The van der Waals surface area contributed by atoms with Crippen molar-refractivity contribution in [2.24, 2.45) is 0 Å². The van der Waals surface area contributed by atoms with Crippen molar-refractivity contribution in [3.8, 4) is 5.75 Å². The molecule has 0 amide bonds. The van der Waals surface area contributed by atoms with Crippen LogP contribution in [0.15, 0.2) is 51.7 Å². The summed E-state index contributed by atoms with van der Waals surface area (Å²) in [4.78, 5) is 16.3. The van der Waals surface area contributed by atoms with Crippen LogP contribution in [0.3, 0.4) is 0 Å². The Kier molecular flexibility index (Phi) is 6.52. The third-order valence-electron chi connectivity index (χ3n) is 5.45. The molecule has 30 heavy (non-hydrogen) atoms. The number of nitrogens with zero attached hydrogens (tertiary/aromatic N) is 2. The van der Waals surface area contributed by atoms with E-state index in [1.54, 1.807) is 6.07 Å². The van der Waals surface area contributed by atoms with Crippen LogP contribution >= 0.6 is 23.2 Å². The lowest BCUT2D eigenvalue weighted by Gasteiger charge is -2.36. The lowest BCUT2D eigenvalue weighted by atomic mass is 10.1. The minimum Gasteiger partial charge on any atom is -0.493 e. The molecule has 158 valence electrons. The molecule has 1 fully saturated rings. The van der Waals surface area contributed by atoms with Crippen LogP contribution in [0.25, 0.3) is 11.0 Å². The van der Waals surface area contributed by atoms with Crippen LogP contribution in [0.4, 0.5) is 5.69 Å². The Bertz CT molecular complexity index is 1090. The second-order valence-corrected chi connectivity index (χ2v) is 8.35. The van der Waals surface area contributed by atoms with Crippen LogP contribution in [-0.4, -0.2) is 44.2 Å². The lowest BCUT2D eigenvalue weighted by Crippen LogP contribution is -2.46. The van der Waals surface area contributed by atoms with Gasteiger partial charge in [0.25, 0.3) is 0 Å². The topological polar surface area (TPSA) is 45.9 Å². The maximum absolute atomic E-state index is 11.6. The van der Waals surface area contributed by atoms with E-state index in [9.17, 15) is 4.79 Å². The van der Waals surface area contributed by atoms with Gasteiger partial charge in [0, 0.05) is 55.9 Å². The van der Waals surface area contributed by atoms with Gasteiger partial charge in [0.2, 0.25) is 0 Å². The zero-order chi connectivity index (χ0) is 21.1. The Balaban J connectivity index is 1.23. The summed E-state index contributed by atoms with van der Waals surface area (Å²) in [6, 6.07) is 13.0. The molecule has 0 bridgehead atoms. The highest BCUT2D eigenvalue weighted by atomic mass is 35.5. The molecular formula is C23H24Cl2N2O3. The van der Waals surface area contributed by atoms with Gasteiger partial charge in [-0.2, -0.15) is 0 Å². The van der Waals surface area contributed by atoms with E-state index >= 15 is 0 Å².